The first-order valence-electron chi connectivity index (χ1n) is 3.66. The van der Waals surface area contributed by atoms with Gasteiger partial charge < -0.3 is 9.47 Å². The molecule has 0 aromatic carbocycles. The van der Waals surface area contributed by atoms with Gasteiger partial charge >= 0.3 is 0 Å². The molecule has 1 rings (SSSR count). The highest BCUT2D eigenvalue weighted by atomic mass is 19.3. The first kappa shape index (κ1) is 10.6. The second-order valence-corrected chi connectivity index (χ2v) is 2.37. The third kappa shape index (κ3) is 1.89. The van der Waals surface area contributed by atoms with Crippen LogP contribution >= 0.6 is 0 Å². The van der Waals surface area contributed by atoms with Crippen molar-refractivity contribution in [2.24, 2.45) is 0 Å². The van der Waals surface area contributed by atoms with Gasteiger partial charge in [-0.25, -0.2) is 18.2 Å². The number of nitrogens with zero attached hydrogens (tertiary/aromatic N) is 1. The summed E-state index contributed by atoms with van der Waals surface area (Å²) in [6, 6.07) is 0.813. The molecule has 14 heavy (non-hydrogen) atoms. The van der Waals surface area contributed by atoms with Crippen molar-refractivity contribution in [3.8, 4) is 11.6 Å². The second-order valence-electron chi connectivity index (χ2n) is 2.37. The van der Waals surface area contributed by atoms with Crippen LogP contribution in [0.1, 0.15) is 12.1 Å². The van der Waals surface area contributed by atoms with Crippen molar-refractivity contribution in [1.82, 2.24) is 4.98 Å². The smallest absolute Gasteiger partial charge is 0.283 e. The van der Waals surface area contributed by atoms with Crippen molar-refractivity contribution in [1.29, 1.82) is 0 Å². The van der Waals surface area contributed by atoms with E-state index in [2.05, 4.69) is 14.5 Å². The van der Waals surface area contributed by atoms with Crippen LogP contribution in [0, 0.1) is 5.82 Å². The maximum absolute atomic E-state index is 12.9. The molecule has 1 heterocycles. The zero-order valence-corrected chi connectivity index (χ0v) is 7.55. The van der Waals surface area contributed by atoms with E-state index in [4.69, 9.17) is 0 Å². The lowest BCUT2D eigenvalue weighted by atomic mass is 10.3. The standard InChI is InChI=1S/C8H8F3NO2/c1-13-5-3-4(9)6(7(10)11)12-8(5)14-2/h3,7H,1-2H3. The number of methoxy groups -OCH3 is 2. The van der Waals surface area contributed by atoms with Crippen molar-refractivity contribution >= 4 is 0 Å². The molecular weight excluding hydrogens is 199 g/mol. The van der Waals surface area contributed by atoms with Crippen LogP contribution in [0.5, 0.6) is 11.6 Å². The highest BCUT2D eigenvalue weighted by molar-refractivity contribution is 5.35. The molecule has 1 aromatic heterocycles. The quantitative estimate of drug-likeness (QED) is 0.761. The highest BCUT2D eigenvalue weighted by Gasteiger charge is 2.19. The van der Waals surface area contributed by atoms with E-state index < -0.39 is 17.9 Å². The Morgan fingerprint density at radius 2 is 1.93 bits per heavy atom. The number of rotatable bonds is 3. The molecule has 0 aliphatic rings. The molecule has 0 amide bonds. The predicted molar refractivity (Wildman–Crippen MR) is 42.3 cm³/mol. The van der Waals surface area contributed by atoms with Crippen LogP contribution in [0.15, 0.2) is 6.07 Å². The summed E-state index contributed by atoms with van der Waals surface area (Å²) >= 11 is 0. The van der Waals surface area contributed by atoms with Crippen molar-refractivity contribution < 1.29 is 22.6 Å². The largest absolute Gasteiger partial charge is 0.491 e. The maximum atomic E-state index is 12.9. The van der Waals surface area contributed by atoms with Gasteiger partial charge in [0.25, 0.3) is 12.3 Å². The molecule has 0 saturated carbocycles. The monoisotopic (exact) mass is 207 g/mol. The first-order valence-corrected chi connectivity index (χ1v) is 3.66. The summed E-state index contributed by atoms with van der Waals surface area (Å²) in [7, 11) is 2.50. The Hall–Kier alpha value is -1.46. The Kier molecular flexibility index (Phi) is 3.16. The first-order chi connectivity index (χ1) is 6.60. The Morgan fingerprint density at radius 1 is 1.29 bits per heavy atom. The molecule has 0 aliphatic heterocycles. The van der Waals surface area contributed by atoms with Gasteiger partial charge in [-0.05, 0) is 0 Å². The minimum atomic E-state index is -2.98. The lowest BCUT2D eigenvalue weighted by molar-refractivity contribution is 0.139. The topological polar surface area (TPSA) is 31.4 Å². The minimum Gasteiger partial charge on any atom is -0.491 e. The number of hydrogen-bond acceptors (Lipinski definition) is 3. The van der Waals surface area contributed by atoms with Crippen LogP contribution in [0.3, 0.4) is 0 Å². The van der Waals surface area contributed by atoms with E-state index in [1.54, 1.807) is 0 Å². The van der Waals surface area contributed by atoms with Gasteiger partial charge in [0.05, 0.1) is 14.2 Å². The van der Waals surface area contributed by atoms with E-state index in [9.17, 15) is 13.2 Å². The summed E-state index contributed by atoms with van der Waals surface area (Å²) in [5.41, 5.74) is -0.942. The molecule has 0 saturated heterocycles. The van der Waals surface area contributed by atoms with Gasteiger partial charge in [0.2, 0.25) is 0 Å². The fraction of sp³-hybridized carbons (Fsp3) is 0.375. The van der Waals surface area contributed by atoms with Gasteiger partial charge in [0.1, 0.15) is 5.69 Å². The van der Waals surface area contributed by atoms with Crippen molar-refractivity contribution in [2.75, 3.05) is 14.2 Å². The molecule has 78 valence electrons. The van der Waals surface area contributed by atoms with E-state index in [1.807, 2.05) is 0 Å². The zero-order chi connectivity index (χ0) is 10.7. The van der Waals surface area contributed by atoms with Crippen molar-refractivity contribution in [3.05, 3.63) is 17.6 Å². The summed E-state index contributed by atoms with van der Waals surface area (Å²) in [6.45, 7) is 0. The highest BCUT2D eigenvalue weighted by Crippen LogP contribution is 2.30. The Bertz CT molecular complexity index is 331. The predicted octanol–water partition coefficient (Wildman–Crippen LogP) is 2.18. The Balaban J connectivity index is 3.23. The normalized spacial score (nSPS) is 10.4. The van der Waals surface area contributed by atoms with E-state index in [-0.39, 0.29) is 11.6 Å². The van der Waals surface area contributed by atoms with Gasteiger partial charge in [0.15, 0.2) is 11.6 Å². The lowest BCUT2D eigenvalue weighted by Gasteiger charge is -2.08. The van der Waals surface area contributed by atoms with Crippen LogP contribution in [0.4, 0.5) is 13.2 Å². The molecule has 0 atom stereocenters. The summed E-state index contributed by atoms with van der Waals surface area (Å²) in [6.07, 6.45) is -2.98. The van der Waals surface area contributed by atoms with E-state index >= 15 is 0 Å². The number of aromatic nitrogens is 1. The second kappa shape index (κ2) is 4.17. The van der Waals surface area contributed by atoms with E-state index in [1.165, 1.54) is 14.2 Å². The third-order valence-electron chi connectivity index (χ3n) is 1.56. The number of halogens is 3. The van der Waals surface area contributed by atoms with Crippen LogP contribution in [-0.4, -0.2) is 19.2 Å². The lowest BCUT2D eigenvalue weighted by Crippen LogP contribution is -2.01. The average molecular weight is 207 g/mol. The van der Waals surface area contributed by atoms with Crippen LogP contribution in [0.25, 0.3) is 0 Å². The molecule has 0 spiro atoms. The molecule has 3 nitrogen and oxygen atoms in total. The molecule has 6 heteroatoms. The van der Waals surface area contributed by atoms with Gasteiger partial charge in [-0.3, -0.25) is 0 Å². The molecule has 0 fully saturated rings. The van der Waals surface area contributed by atoms with E-state index in [0.717, 1.165) is 6.07 Å². The van der Waals surface area contributed by atoms with Crippen LogP contribution < -0.4 is 9.47 Å². The average Bonchev–Trinajstić information content (AvgIpc) is 2.16. The molecule has 0 aliphatic carbocycles. The van der Waals surface area contributed by atoms with Crippen LogP contribution in [0.2, 0.25) is 0 Å². The van der Waals surface area contributed by atoms with Crippen LogP contribution in [-0.2, 0) is 0 Å². The molecule has 0 bridgehead atoms. The fourth-order valence-corrected chi connectivity index (χ4v) is 0.914. The number of alkyl halides is 2. The molecular formula is C8H8F3NO2. The molecule has 0 unspecified atom stereocenters. The van der Waals surface area contributed by atoms with Gasteiger partial charge in [-0.2, -0.15) is 0 Å². The third-order valence-corrected chi connectivity index (χ3v) is 1.56. The summed E-state index contributed by atoms with van der Waals surface area (Å²) in [5, 5.41) is 0. The number of pyridine rings is 1. The maximum Gasteiger partial charge on any atom is 0.283 e. The van der Waals surface area contributed by atoms with Crippen molar-refractivity contribution in [2.45, 2.75) is 6.43 Å². The fourth-order valence-electron chi connectivity index (χ4n) is 0.914. The SMILES string of the molecule is COc1cc(F)c(C(F)F)nc1OC. The summed E-state index contributed by atoms with van der Waals surface area (Å²) in [4.78, 5) is 3.29. The summed E-state index contributed by atoms with van der Waals surface area (Å²) < 4.78 is 46.6. The minimum absolute atomic E-state index is 0.0191. The molecule has 1 aromatic rings. The van der Waals surface area contributed by atoms with Gasteiger partial charge in [-0.15, -0.1) is 0 Å². The van der Waals surface area contributed by atoms with Gasteiger partial charge in [0, 0.05) is 6.07 Å². The number of ether oxygens (including phenoxy) is 2. The number of hydrogen-bond donors (Lipinski definition) is 0. The van der Waals surface area contributed by atoms with Crippen molar-refractivity contribution in [3.63, 3.8) is 0 Å². The Morgan fingerprint density at radius 3 is 2.36 bits per heavy atom. The molecule has 0 N–H and O–H groups in total. The molecule has 0 radical (unpaired) electrons. The van der Waals surface area contributed by atoms with Gasteiger partial charge in [-0.1, -0.05) is 0 Å². The Labute approximate surface area is 78.5 Å². The summed E-state index contributed by atoms with van der Waals surface area (Å²) in [5.74, 6) is -1.30. The zero-order valence-electron chi connectivity index (χ0n) is 7.55. The van der Waals surface area contributed by atoms with E-state index in [0.29, 0.717) is 0 Å².